The molecule has 180 valence electrons. The number of amides is 1. The first-order chi connectivity index (χ1) is 15.7. The van der Waals surface area contributed by atoms with Crippen LogP contribution < -0.4 is 9.62 Å². The number of halogens is 1. The molecule has 9 heteroatoms. The standard InChI is InChI=1S/C24H32ClN3O4S/c1-4-23(28(33(3,30)31)21-10-5-18(2)22(25)15-21)24(29)26-16-19-6-8-20(9-7-19)17-27-11-13-32-14-12-27/h5-10,15,23H,4,11-14,16-17H2,1-3H3,(H,26,29)/t23-/m1/s1. The molecular formula is C24H32ClN3O4S. The van der Waals surface area contributed by atoms with E-state index in [0.29, 0.717) is 23.7 Å². The van der Waals surface area contributed by atoms with Crippen LogP contribution in [0.4, 0.5) is 5.69 Å². The Balaban J connectivity index is 1.67. The fourth-order valence-electron chi connectivity index (χ4n) is 3.87. The van der Waals surface area contributed by atoms with Gasteiger partial charge in [0.1, 0.15) is 6.04 Å². The van der Waals surface area contributed by atoms with Crippen LogP contribution >= 0.6 is 11.6 Å². The summed E-state index contributed by atoms with van der Waals surface area (Å²) in [7, 11) is -3.71. The number of ether oxygens (including phenoxy) is 1. The molecule has 1 saturated heterocycles. The van der Waals surface area contributed by atoms with Gasteiger partial charge in [-0.05, 0) is 42.2 Å². The molecule has 33 heavy (non-hydrogen) atoms. The Labute approximate surface area is 201 Å². The van der Waals surface area contributed by atoms with E-state index >= 15 is 0 Å². The summed E-state index contributed by atoms with van der Waals surface area (Å²) in [5.74, 6) is -0.350. The van der Waals surface area contributed by atoms with Crippen molar-refractivity contribution in [1.82, 2.24) is 10.2 Å². The Morgan fingerprint density at radius 3 is 2.36 bits per heavy atom. The Kier molecular flexibility index (Phi) is 8.75. The summed E-state index contributed by atoms with van der Waals surface area (Å²) >= 11 is 6.22. The van der Waals surface area contributed by atoms with Gasteiger partial charge in [0.2, 0.25) is 15.9 Å². The lowest BCUT2D eigenvalue weighted by molar-refractivity contribution is -0.122. The number of carbonyl (C=O) groups excluding carboxylic acids is 1. The van der Waals surface area contributed by atoms with Crippen molar-refractivity contribution < 1.29 is 17.9 Å². The van der Waals surface area contributed by atoms with Gasteiger partial charge in [-0.2, -0.15) is 0 Å². The van der Waals surface area contributed by atoms with Crippen LogP contribution in [0.25, 0.3) is 0 Å². The lowest BCUT2D eigenvalue weighted by Gasteiger charge is -2.30. The van der Waals surface area contributed by atoms with Crippen molar-refractivity contribution in [1.29, 1.82) is 0 Å². The fraction of sp³-hybridized carbons (Fsp3) is 0.458. The number of nitrogens with one attached hydrogen (secondary N) is 1. The summed E-state index contributed by atoms with van der Waals surface area (Å²) in [6.07, 6.45) is 1.42. The van der Waals surface area contributed by atoms with Crippen molar-refractivity contribution in [3.63, 3.8) is 0 Å². The molecule has 0 unspecified atom stereocenters. The lowest BCUT2D eigenvalue weighted by atomic mass is 10.1. The Bertz CT molecular complexity index is 1050. The molecule has 1 amide bonds. The molecule has 1 fully saturated rings. The highest BCUT2D eigenvalue weighted by atomic mass is 35.5. The van der Waals surface area contributed by atoms with Crippen molar-refractivity contribution >= 4 is 33.2 Å². The summed E-state index contributed by atoms with van der Waals surface area (Å²) in [6.45, 7) is 8.21. The molecule has 0 spiro atoms. The van der Waals surface area contributed by atoms with Crippen LogP contribution in [-0.2, 0) is 32.6 Å². The van der Waals surface area contributed by atoms with Gasteiger partial charge in [0.05, 0.1) is 25.2 Å². The molecule has 0 bridgehead atoms. The van der Waals surface area contributed by atoms with E-state index in [1.807, 2.05) is 19.1 Å². The molecule has 1 atom stereocenters. The summed E-state index contributed by atoms with van der Waals surface area (Å²) in [5, 5.41) is 3.35. The third kappa shape index (κ3) is 6.93. The molecule has 3 rings (SSSR count). The topological polar surface area (TPSA) is 79.0 Å². The third-order valence-corrected chi connectivity index (χ3v) is 7.33. The summed E-state index contributed by atoms with van der Waals surface area (Å²) in [5.41, 5.74) is 3.37. The van der Waals surface area contributed by atoms with Gasteiger partial charge < -0.3 is 10.1 Å². The average molecular weight is 494 g/mol. The quantitative estimate of drug-likeness (QED) is 0.579. The number of carbonyl (C=O) groups is 1. The van der Waals surface area contributed by atoms with Gasteiger partial charge in [0, 0.05) is 31.2 Å². The number of hydrogen-bond acceptors (Lipinski definition) is 5. The van der Waals surface area contributed by atoms with Crippen LogP contribution in [0.1, 0.15) is 30.0 Å². The van der Waals surface area contributed by atoms with Crippen molar-refractivity contribution in [2.24, 2.45) is 0 Å². The van der Waals surface area contributed by atoms with E-state index in [1.54, 1.807) is 25.1 Å². The zero-order valence-electron chi connectivity index (χ0n) is 19.4. The number of sulfonamides is 1. The average Bonchev–Trinajstić information content (AvgIpc) is 2.78. The van der Waals surface area contributed by atoms with E-state index in [-0.39, 0.29) is 5.91 Å². The maximum atomic E-state index is 13.0. The minimum atomic E-state index is -3.71. The van der Waals surface area contributed by atoms with E-state index in [4.69, 9.17) is 16.3 Å². The first-order valence-electron chi connectivity index (χ1n) is 11.1. The molecule has 0 aliphatic carbocycles. The molecule has 0 saturated carbocycles. The minimum absolute atomic E-state index is 0.319. The Hall–Kier alpha value is -2.13. The lowest BCUT2D eigenvalue weighted by Crippen LogP contribution is -2.49. The predicted octanol–water partition coefficient (Wildman–Crippen LogP) is 3.34. The highest BCUT2D eigenvalue weighted by Crippen LogP contribution is 2.27. The molecular weight excluding hydrogens is 462 g/mol. The van der Waals surface area contributed by atoms with E-state index in [1.165, 1.54) is 5.56 Å². The maximum absolute atomic E-state index is 13.0. The van der Waals surface area contributed by atoms with Gasteiger partial charge >= 0.3 is 0 Å². The van der Waals surface area contributed by atoms with E-state index in [2.05, 4.69) is 22.3 Å². The largest absolute Gasteiger partial charge is 0.379 e. The Morgan fingerprint density at radius 1 is 1.15 bits per heavy atom. The van der Waals surface area contributed by atoms with Crippen molar-refractivity contribution in [3.8, 4) is 0 Å². The molecule has 2 aromatic rings. The van der Waals surface area contributed by atoms with Crippen molar-refractivity contribution in [3.05, 3.63) is 64.2 Å². The van der Waals surface area contributed by atoms with Crippen LogP contribution in [-0.4, -0.2) is 57.8 Å². The predicted molar refractivity (Wildman–Crippen MR) is 132 cm³/mol. The molecule has 7 nitrogen and oxygen atoms in total. The second-order valence-corrected chi connectivity index (χ2v) is 10.6. The normalized spacial score (nSPS) is 15.8. The van der Waals surface area contributed by atoms with Gasteiger partial charge in [-0.3, -0.25) is 14.0 Å². The van der Waals surface area contributed by atoms with Crippen LogP contribution in [0.15, 0.2) is 42.5 Å². The highest BCUT2D eigenvalue weighted by molar-refractivity contribution is 7.92. The number of nitrogens with zero attached hydrogens (tertiary/aromatic N) is 2. The summed E-state index contributed by atoms with van der Waals surface area (Å²) in [4.78, 5) is 15.4. The van der Waals surface area contributed by atoms with Crippen molar-refractivity contribution in [2.75, 3.05) is 36.9 Å². The first kappa shape index (κ1) is 25.5. The van der Waals surface area contributed by atoms with Crippen LogP contribution in [0, 0.1) is 6.92 Å². The number of hydrogen-bond donors (Lipinski definition) is 1. The first-order valence-corrected chi connectivity index (χ1v) is 13.3. The van der Waals surface area contributed by atoms with Gasteiger partial charge in [-0.15, -0.1) is 0 Å². The fourth-order valence-corrected chi connectivity index (χ4v) is 5.24. The van der Waals surface area contributed by atoms with Crippen LogP contribution in [0.5, 0.6) is 0 Å². The minimum Gasteiger partial charge on any atom is -0.379 e. The van der Waals surface area contributed by atoms with E-state index in [9.17, 15) is 13.2 Å². The highest BCUT2D eigenvalue weighted by Gasteiger charge is 2.31. The number of rotatable bonds is 9. The monoisotopic (exact) mass is 493 g/mol. The SMILES string of the molecule is CC[C@H](C(=O)NCc1ccc(CN2CCOCC2)cc1)N(c1ccc(C)c(Cl)c1)S(C)(=O)=O. The summed E-state index contributed by atoms with van der Waals surface area (Å²) < 4.78 is 31.7. The Morgan fingerprint density at radius 2 is 1.79 bits per heavy atom. The molecule has 0 radical (unpaired) electrons. The van der Waals surface area contributed by atoms with Gasteiger partial charge in [0.25, 0.3) is 0 Å². The second kappa shape index (κ2) is 11.3. The van der Waals surface area contributed by atoms with Crippen molar-refractivity contribution in [2.45, 2.75) is 39.4 Å². The molecule has 1 N–H and O–H groups in total. The number of aryl methyl sites for hydroxylation is 1. The summed E-state index contributed by atoms with van der Waals surface area (Å²) in [6, 6.07) is 12.2. The molecule has 1 heterocycles. The number of benzene rings is 2. The number of anilines is 1. The number of morpholine rings is 1. The van der Waals surface area contributed by atoms with Gasteiger partial charge in [0.15, 0.2) is 0 Å². The molecule has 2 aromatic carbocycles. The zero-order valence-corrected chi connectivity index (χ0v) is 21.0. The van der Waals surface area contributed by atoms with Gasteiger partial charge in [-0.1, -0.05) is 48.9 Å². The molecule has 0 aromatic heterocycles. The maximum Gasteiger partial charge on any atom is 0.244 e. The van der Waals surface area contributed by atoms with E-state index in [0.717, 1.165) is 54.5 Å². The van der Waals surface area contributed by atoms with Crippen LogP contribution in [0.3, 0.4) is 0 Å². The molecule has 1 aliphatic rings. The van der Waals surface area contributed by atoms with E-state index < -0.39 is 16.1 Å². The second-order valence-electron chi connectivity index (χ2n) is 8.34. The van der Waals surface area contributed by atoms with Crippen LogP contribution in [0.2, 0.25) is 5.02 Å². The molecule has 1 aliphatic heterocycles. The zero-order chi connectivity index (χ0) is 24.0. The van der Waals surface area contributed by atoms with Gasteiger partial charge in [-0.25, -0.2) is 8.42 Å². The smallest absolute Gasteiger partial charge is 0.244 e. The third-order valence-electron chi connectivity index (χ3n) is 5.74.